The predicted molar refractivity (Wildman–Crippen MR) is 128 cm³/mol. The first-order valence-corrected chi connectivity index (χ1v) is 11.1. The molecule has 0 aromatic heterocycles. The number of amides is 1. The summed E-state index contributed by atoms with van der Waals surface area (Å²) in [6.45, 7) is 6.16. The number of ether oxygens (including phenoxy) is 1. The van der Waals surface area contributed by atoms with Crippen molar-refractivity contribution in [3.05, 3.63) is 59.7 Å². The number of hydrogen-bond acceptors (Lipinski definition) is 5. The van der Waals surface area contributed by atoms with Crippen LogP contribution in [0.5, 0.6) is 0 Å². The van der Waals surface area contributed by atoms with Crippen LogP contribution in [0, 0.1) is 11.3 Å². The largest absolute Gasteiger partial charge is 0.467 e. The highest BCUT2D eigenvalue weighted by molar-refractivity contribution is 6.02. The molecule has 0 aliphatic heterocycles. The molecule has 0 saturated heterocycles. The first-order chi connectivity index (χ1) is 15.8. The number of amidine groups is 1. The van der Waals surface area contributed by atoms with Crippen LogP contribution in [0.1, 0.15) is 51.2 Å². The van der Waals surface area contributed by atoms with Crippen molar-refractivity contribution < 1.29 is 14.3 Å². The van der Waals surface area contributed by atoms with Gasteiger partial charge in [-0.2, -0.15) is 0 Å². The number of rotatable bonds is 10. The third kappa shape index (κ3) is 6.71. The van der Waals surface area contributed by atoms with Crippen LogP contribution in [-0.2, 0) is 20.9 Å². The Bertz CT molecular complexity index is 986. The molecule has 0 saturated carbocycles. The fourth-order valence-electron chi connectivity index (χ4n) is 3.73. The second kappa shape index (κ2) is 12.5. The Morgan fingerprint density at radius 1 is 1.12 bits per heavy atom. The van der Waals surface area contributed by atoms with E-state index >= 15 is 0 Å². The lowest BCUT2D eigenvalue weighted by molar-refractivity contribution is -0.155. The molecule has 0 radical (unpaired) electrons. The summed E-state index contributed by atoms with van der Waals surface area (Å²) in [5.41, 5.74) is 3.23. The van der Waals surface area contributed by atoms with Crippen molar-refractivity contribution in [2.45, 2.75) is 52.6 Å². The van der Waals surface area contributed by atoms with Crippen LogP contribution in [0.15, 0.2) is 58.9 Å². The maximum atomic E-state index is 13.0. The van der Waals surface area contributed by atoms with Gasteiger partial charge in [0, 0.05) is 18.5 Å². The molecule has 2 aromatic rings. The molecule has 8 nitrogen and oxygen atoms in total. The zero-order valence-electron chi connectivity index (χ0n) is 19.7. The molecular weight excluding hydrogens is 418 g/mol. The van der Waals surface area contributed by atoms with E-state index in [0.29, 0.717) is 18.5 Å². The number of methoxy groups -OCH3 is 1. The number of carbonyl (C=O) groups excluding carboxylic acids is 2. The van der Waals surface area contributed by atoms with Crippen molar-refractivity contribution in [3.8, 4) is 11.1 Å². The highest BCUT2D eigenvalue weighted by atomic mass is 16.5. The van der Waals surface area contributed by atoms with Gasteiger partial charge in [-0.3, -0.25) is 10.2 Å². The van der Waals surface area contributed by atoms with Crippen LogP contribution in [0.4, 0.5) is 0 Å². The molecule has 0 spiro atoms. The first kappa shape index (κ1) is 25.7. The Hall–Kier alpha value is -3.55. The fraction of sp³-hybridized carbons (Fsp3) is 0.400. The maximum absolute atomic E-state index is 13.0. The highest BCUT2D eigenvalue weighted by Gasteiger charge is 2.33. The summed E-state index contributed by atoms with van der Waals surface area (Å²) in [5.74, 6) is 4.53. The highest BCUT2D eigenvalue weighted by Crippen LogP contribution is 2.26. The minimum absolute atomic E-state index is 0.0253. The Balaban J connectivity index is 2.35. The minimum atomic E-state index is -0.651. The standard InChI is InChI=1S/C25H33N5O3/c1-5-6-11-22(31)30(23(17(2)3)25(32)33-4)16-18-12-14-19(15-13-18)20-9-7-8-10-21(20)24(26)28-29-27/h7-10,12-15,17,23H,5-6,11,16H2,1-4H3,(H3,26,27,28). The van der Waals surface area contributed by atoms with Gasteiger partial charge in [0.25, 0.3) is 0 Å². The summed E-state index contributed by atoms with van der Waals surface area (Å²) < 4.78 is 5.00. The van der Waals surface area contributed by atoms with E-state index in [9.17, 15) is 9.59 Å². The van der Waals surface area contributed by atoms with Gasteiger partial charge in [0.1, 0.15) is 6.04 Å². The fourth-order valence-corrected chi connectivity index (χ4v) is 3.73. The van der Waals surface area contributed by atoms with Gasteiger partial charge in [-0.15, -0.1) is 5.11 Å². The molecule has 0 bridgehead atoms. The van der Waals surface area contributed by atoms with Gasteiger partial charge in [0.05, 0.1) is 7.11 Å². The third-order valence-corrected chi connectivity index (χ3v) is 5.43. The lowest BCUT2D eigenvalue weighted by Gasteiger charge is -2.32. The molecule has 3 N–H and O–H groups in total. The molecule has 1 amide bonds. The number of nitrogens with two attached hydrogens (primary N) is 1. The van der Waals surface area contributed by atoms with Crippen molar-refractivity contribution in [3.63, 3.8) is 0 Å². The van der Waals surface area contributed by atoms with Crippen molar-refractivity contribution in [2.24, 2.45) is 22.1 Å². The number of esters is 1. The van der Waals surface area contributed by atoms with Crippen LogP contribution >= 0.6 is 0 Å². The van der Waals surface area contributed by atoms with E-state index in [1.165, 1.54) is 7.11 Å². The second-order valence-electron chi connectivity index (χ2n) is 8.14. The van der Waals surface area contributed by atoms with Crippen LogP contribution in [0.25, 0.3) is 11.1 Å². The molecular formula is C25H33N5O3. The van der Waals surface area contributed by atoms with Gasteiger partial charge in [0.2, 0.25) is 5.91 Å². The van der Waals surface area contributed by atoms with Gasteiger partial charge in [-0.25, -0.2) is 4.79 Å². The monoisotopic (exact) mass is 451 g/mol. The summed E-state index contributed by atoms with van der Waals surface area (Å²) in [6, 6.07) is 14.5. The van der Waals surface area contributed by atoms with E-state index in [0.717, 1.165) is 29.5 Å². The number of unbranched alkanes of at least 4 members (excludes halogenated alkanes) is 1. The Morgan fingerprint density at radius 3 is 2.36 bits per heavy atom. The molecule has 0 fully saturated rings. The molecule has 2 rings (SSSR count). The molecule has 0 aliphatic rings. The van der Waals surface area contributed by atoms with Crippen molar-refractivity contribution in [1.82, 2.24) is 4.90 Å². The third-order valence-electron chi connectivity index (χ3n) is 5.43. The lowest BCUT2D eigenvalue weighted by Crippen LogP contribution is -2.48. The minimum Gasteiger partial charge on any atom is -0.467 e. The quantitative estimate of drug-likeness (QED) is 0.135. The van der Waals surface area contributed by atoms with Crippen LogP contribution in [0.2, 0.25) is 0 Å². The van der Waals surface area contributed by atoms with Gasteiger partial charge in [-0.05, 0) is 29.0 Å². The molecule has 0 aliphatic carbocycles. The van der Waals surface area contributed by atoms with Gasteiger partial charge in [0.15, 0.2) is 5.84 Å². The Kier molecular flexibility index (Phi) is 9.72. The smallest absolute Gasteiger partial charge is 0.328 e. The molecule has 0 heterocycles. The average Bonchev–Trinajstić information content (AvgIpc) is 2.82. The van der Waals surface area contributed by atoms with E-state index in [-0.39, 0.29) is 17.7 Å². The zero-order valence-corrected chi connectivity index (χ0v) is 19.7. The van der Waals surface area contributed by atoms with Gasteiger partial charge < -0.3 is 15.5 Å². The summed E-state index contributed by atoms with van der Waals surface area (Å²) in [5, 5.41) is 14.9. The number of benzene rings is 2. The molecule has 33 heavy (non-hydrogen) atoms. The van der Waals surface area contributed by atoms with Crippen LogP contribution in [0.3, 0.4) is 0 Å². The van der Waals surface area contributed by atoms with Crippen LogP contribution < -0.4 is 5.84 Å². The van der Waals surface area contributed by atoms with Crippen molar-refractivity contribution in [1.29, 1.82) is 5.41 Å². The SMILES string of the molecule is CCCCC(=O)N(Cc1ccc(-c2ccccc2C(=N)N=NN)cc1)C(C(=O)OC)C(C)C. The maximum Gasteiger partial charge on any atom is 0.328 e. The normalized spacial score (nSPS) is 12.0. The second-order valence-corrected chi connectivity index (χ2v) is 8.14. The number of carbonyl (C=O) groups is 2. The predicted octanol–water partition coefficient (Wildman–Crippen LogP) is 4.72. The van der Waals surface area contributed by atoms with E-state index in [2.05, 4.69) is 10.3 Å². The van der Waals surface area contributed by atoms with E-state index < -0.39 is 12.0 Å². The van der Waals surface area contributed by atoms with Crippen molar-refractivity contribution >= 4 is 17.7 Å². The molecule has 1 atom stereocenters. The molecule has 8 heteroatoms. The molecule has 176 valence electrons. The lowest BCUT2D eigenvalue weighted by atomic mass is 9.97. The van der Waals surface area contributed by atoms with E-state index in [1.54, 1.807) is 11.0 Å². The summed E-state index contributed by atoms with van der Waals surface area (Å²) >= 11 is 0. The van der Waals surface area contributed by atoms with Gasteiger partial charge in [-0.1, -0.05) is 80.9 Å². The summed E-state index contributed by atoms with van der Waals surface area (Å²) in [6.07, 6.45) is 2.06. The number of nitrogens with one attached hydrogen (secondary N) is 1. The van der Waals surface area contributed by atoms with E-state index in [1.807, 2.05) is 63.2 Å². The molecule has 1 unspecified atom stereocenters. The summed E-state index contributed by atoms with van der Waals surface area (Å²) in [7, 11) is 1.35. The van der Waals surface area contributed by atoms with Crippen molar-refractivity contribution in [2.75, 3.05) is 7.11 Å². The zero-order chi connectivity index (χ0) is 24.4. The number of nitrogens with zero attached hydrogens (tertiary/aromatic N) is 3. The van der Waals surface area contributed by atoms with Gasteiger partial charge >= 0.3 is 5.97 Å². The van der Waals surface area contributed by atoms with E-state index in [4.69, 9.17) is 16.0 Å². The Morgan fingerprint density at radius 2 is 1.79 bits per heavy atom. The first-order valence-electron chi connectivity index (χ1n) is 11.1. The Labute approximate surface area is 195 Å². The topological polar surface area (TPSA) is 121 Å². The summed E-state index contributed by atoms with van der Waals surface area (Å²) in [4.78, 5) is 27.1. The van der Waals surface area contributed by atoms with Crippen LogP contribution in [-0.4, -0.2) is 35.8 Å². The average molecular weight is 452 g/mol. The molecule has 2 aromatic carbocycles. The number of hydrogen-bond donors (Lipinski definition) is 2.